The van der Waals surface area contributed by atoms with Gasteiger partial charge in [0.15, 0.2) is 11.0 Å². The lowest BCUT2D eigenvalue weighted by molar-refractivity contribution is 0.0944. The Morgan fingerprint density at radius 3 is 2.64 bits per heavy atom. The van der Waals surface area contributed by atoms with Gasteiger partial charge in [0.25, 0.3) is 0 Å². The van der Waals surface area contributed by atoms with Crippen LogP contribution in [-0.2, 0) is 16.7 Å². The average Bonchev–Trinajstić information content (AvgIpc) is 3.25. The lowest BCUT2D eigenvalue weighted by Crippen LogP contribution is -2.17. The molecule has 2 aromatic rings. The minimum Gasteiger partial charge on any atom is -0.376 e. The summed E-state index contributed by atoms with van der Waals surface area (Å²) >= 11 is 1.67. The second kappa shape index (κ2) is 7.11. The van der Waals surface area contributed by atoms with E-state index in [1.54, 1.807) is 11.8 Å². The molecule has 1 saturated heterocycles. The molecule has 0 aliphatic carbocycles. The Morgan fingerprint density at radius 1 is 1.28 bits per heavy atom. The van der Waals surface area contributed by atoms with Crippen LogP contribution in [0.2, 0.25) is 0 Å². The zero-order valence-electron chi connectivity index (χ0n) is 16.0. The first-order valence-corrected chi connectivity index (χ1v) is 9.79. The molecule has 2 atom stereocenters. The van der Waals surface area contributed by atoms with E-state index >= 15 is 0 Å². The standard InChI is InChI=1S/C18H28N4O2S/c1-11-12(2)22(10-14-8-7-9-23-14)17(19-11)25-13(3)15-20-16(21-24-15)18(4,5)6/h13-14H,7-10H2,1-6H3/t13-,14+/m1/s1. The molecule has 0 radical (unpaired) electrons. The number of aromatic nitrogens is 4. The van der Waals surface area contributed by atoms with E-state index in [0.29, 0.717) is 5.89 Å². The molecule has 6 nitrogen and oxygen atoms in total. The summed E-state index contributed by atoms with van der Waals surface area (Å²) in [5, 5.41) is 5.17. The predicted molar refractivity (Wildman–Crippen MR) is 97.9 cm³/mol. The first-order valence-electron chi connectivity index (χ1n) is 8.91. The molecular formula is C18H28N4O2S. The van der Waals surface area contributed by atoms with Gasteiger partial charge in [-0.2, -0.15) is 4.98 Å². The fraction of sp³-hybridized carbons (Fsp3) is 0.722. The normalized spacial score (nSPS) is 19.5. The van der Waals surface area contributed by atoms with E-state index in [9.17, 15) is 0 Å². The van der Waals surface area contributed by atoms with Gasteiger partial charge in [0.2, 0.25) is 5.89 Å². The van der Waals surface area contributed by atoms with Crippen LogP contribution in [0.3, 0.4) is 0 Å². The summed E-state index contributed by atoms with van der Waals surface area (Å²) in [4.78, 5) is 9.33. The van der Waals surface area contributed by atoms with Gasteiger partial charge >= 0.3 is 0 Å². The Hall–Kier alpha value is -1.34. The Kier molecular flexibility index (Phi) is 5.25. The monoisotopic (exact) mass is 364 g/mol. The van der Waals surface area contributed by atoms with Crippen molar-refractivity contribution in [3.05, 3.63) is 23.1 Å². The van der Waals surface area contributed by atoms with Crippen LogP contribution in [-0.4, -0.2) is 32.4 Å². The number of ether oxygens (including phenoxy) is 1. The van der Waals surface area contributed by atoms with Crippen molar-refractivity contribution in [2.45, 2.75) is 82.9 Å². The minimum absolute atomic E-state index is 0.0491. The van der Waals surface area contributed by atoms with Crippen LogP contribution in [0.25, 0.3) is 0 Å². The number of thioether (sulfide) groups is 1. The van der Waals surface area contributed by atoms with E-state index in [2.05, 4.69) is 56.3 Å². The third-order valence-corrected chi connectivity index (χ3v) is 5.65. The maximum Gasteiger partial charge on any atom is 0.239 e. The summed E-state index contributed by atoms with van der Waals surface area (Å²) in [6, 6.07) is 0. The predicted octanol–water partition coefficient (Wildman–Crippen LogP) is 4.21. The van der Waals surface area contributed by atoms with Crippen molar-refractivity contribution in [1.82, 2.24) is 19.7 Å². The lowest BCUT2D eigenvalue weighted by Gasteiger charge is -2.15. The summed E-state index contributed by atoms with van der Waals surface area (Å²) in [6.07, 6.45) is 2.56. The number of imidazole rings is 1. The zero-order chi connectivity index (χ0) is 18.2. The Morgan fingerprint density at radius 2 is 2.04 bits per heavy atom. The van der Waals surface area contributed by atoms with E-state index in [1.807, 2.05) is 0 Å². The van der Waals surface area contributed by atoms with Crippen LogP contribution in [0.1, 0.15) is 68.9 Å². The number of hydrogen-bond donors (Lipinski definition) is 0. The molecule has 0 bridgehead atoms. The Bertz CT molecular complexity index is 726. The summed E-state index contributed by atoms with van der Waals surface area (Å²) in [7, 11) is 0. The van der Waals surface area contributed by atoms with Crippen molar-refractivity contribution < 1.29 is 9.26 Å². The number of hydrogen-bond acceptors (Lipinski definition) is 6. The molecule has 0 unspecified atom stereocenters. The quantitative estimate of drug-likeness (QED) is 0.740. The summed E-state index contributed by atoms with van der Waals surface area (Å²) in [5.74, 6) is 1.39. The van der Waals surface area contributed by atoms with Crippen LogP contribution in [0, 0.1) is 13.8 Å². The molecule has 1 aliphatic rings. The molecule has 3 rings (SSSR count). The largest absolute Gasteiger partial charge is 0.376 e. The van der Waals surface area contributed by atoms with Gasteiger partial charge in [-0.3, -0.25) is 0 Å². The van der Waals surface area contributed by atoms with Crippen molar-refractivity contribution in [3.8, 4) is 0 Å². The molecule has 3 heterocycles. The van der Waals surface area contributed by atoms with Gasteiger partial charge in [-0.25, -0.2) is 4.98 Å². The fourth-order valence-electron chi connectivity index (χ4n) is 2.83. The second-order valence-corrected chi connectivity index (χ2v) is 9.09. The molecule has 0 spiro atoms. The smallest absolute Gasteiger partial charge is 0.239 e. The topological polar surface area (TPSA) is 66.0 Å². The molecule has 25 heavy (non-hydrogen) atoms. The molecule has 0 saturated carbocycles. The van der Waals surface area contributed by atoms with Gasteiger partial charge in [0, 0.05) is 17.7 Å². The van der Waals surface area contributed by atoms with Crippen LogP contribution in [0.15, 0.2) is 9.68 Å². The van der Waals surface area contributed by atoms with Crippen molar-refractivity contribution in [2.24, 2.45) is 0 Å². The molecular weight excluding hydrogens is 336 g/mol. The fourth-order valence-corrected chi connectivity index (χ4v) is 3.88. The van der Waals surface area contributed by atoms with Gasteiger partial charge in [-0.1, -0.05) is 37.7 Å². The van der Waals surface area contributed by atoms with Gasteiger partial charge < -0.3 is 13.8 Å². The average molecular weight is 365 g/mol. The van der Waals surface area contributed by atoms with E-state index in [1.165, 1.54) is 5.69 Å². The highest BCUT2D eigenvalue weighted by atomic mass is 32.2. The van der Waals surface area contributed by atoms with Crippen LogP contribution < -0.4 is 0 Å². The van der Waals surface area contributed by atoms with Gasteiger partial charge in [-0.15, -0.1) is 0 Å². The zero-order valence-corrected chi connectivity index (χ0v) is 16.8. The number of nitrogens with zero attached hydrogens (tertiary/aromatic N) is 4. The number of rotatable bonds is 5. The van der Waals surface area contributed by atoms with Crippen LogP contribution in [0.4, 0.5) is 0 Å². The molecule has 0 N–H and O–H groups in total. The van der Waals surface area contributed by atoms with Crippen LogP contribution in [0.5, 0.6) is 0 Å². The summed E-state index contributed by atoms with van der Waals surface area (Å²) < 4.78 is 13.6. The maximum atomic E-state index is 5.81. The third-order valence-electron chi connectivity index (χ3n) is 4.58. The summed E-state index contributed by atoms with van der Waals surface area (Å²) in [5.41, 5.74) is 2.15. The molecule has 1 aliphatic heterocycles. The van der Waals surface area contributed by atoms with Crippen LogP contribution >= 0.6 is 11.8 Å². The Labute approximate surface area is 153 Å². The second-order valence-electron chi connectivity index (χ2n) is 7.78. The first-order chi connectivity index (χ1) is 11.8. The van der Waals surface area contributed by atoms with Gasteiger partial charge in [0.1, 0.15) is 0 Å². The van der Waals surface area contributed by atoms with E-state index < -0.39 is 0 Å². The molecule has 2 aromatic heterocycles. The molecule has 7 heteroatoms. The van der Waals surface area contributed by atoms with E-state index in [-0.39, 0.29) is 16.8 Å². The molecule has 138 valence electrons. The highest BCUT2D eigenvalue weighted by molar-refractivity contribution is 7.99. The van der Waals surface area contributed by atoms with Crippen molar-refractivity contribution in [1.29, 1.82) is 0 Å². The molecule has 0 amide bonds. The lowest BCUT2D eigenvalue weighted by atomic mass is 9.96. The van der Waals surface area contributed by atoms with Crippen molar-refractivity contribution in [2.75, 3.05) is 6.61 Å². The minimum atomic E-state index is -0.113. The first kappa shape index (κ1) is 18.5. The molecule has 1 fully saturated rings. The maximum absolute atomic E-state index is 5.81. The van der Waals surface area contributed by atoms with Crippen molar-refractivity contribution in [3.63, 3.8) is 0 Å². The third kappa shape index (κ3) is 4.08. The highest BCUT2D eigenvalue weighted by Crippen LogP contribution is 2.35. The Balaban J connectivity index is 1.77. The van der Waals surface area contributed by atoms with E-state index in [0.717, 1.165) is 42.7 Å². The van der Waals surface area contributed by atoms with Crippen molar-refractivity contribution >= 4 is 11.8 Å². The van der Waals surface area contributed by atoms with Gasteiger partial charge in [-0.05, 0) is 33.6 Å². The van der Waals surface area contributed by atoms with E-state index in [4.69, 9.17) is 14.2 Å². The molecule has 0 aromatic carbocycles. The SMILES string of the molecule is Cc1nc(S[C@H](C)c2nc(C(C)(C)C)no2)n(C[C@@H]2CCCO2)c1C. The van der Waals surface area contributed by atoms with Gasteiger partial charge in [0.05, 0.1) is 23.6 Å². The highest BCUT2D eigenvalue weighted by Gasteiger charge is 2.26. The number of aryl methyl sites for hydroxylation is 1. The summed E-state index contributed by atoms with van der Waals surface area (Å²) in [6.45, 7) is 14.2.